The van der Waals surface area contributed by atoms with Gasteiger partial charge >= 0.3 is 0 Å². The first-order valence-corrected chi connectivity index (χ1v) is 4.40. The van der Waals surface area contributed by atoms with E-state index >= 15 is 0 Å². The van der Waals surface area contributed by atoms with Crippen LogP contribution in [0.2, 0.25) is 0 Å². The molecule has 13 heavy (non-hydrogen) atoms. The maximum absolute atomic E-state index is 10.7. The molecule has 0 radical (unpaired) electrons. The molecule has 3 nitrogen and oxygen atoms in total. The van der Waals surface area contributed by atoms with Gasteiger partial charge in [0.1, 0.15) is 6.29 Å². The number of carbonyl (C=O) groups is 1. The lowest BCUT2D eigenvalue weighted by Gasteiger charge is -2.15. The molecule has 0 spiro atoms. The van der Waals surface area contributed by atoms with Crippen LogP contribution in [0.5, 0.6) is 0 Å². The van der Waals surface area contributed by atoms with Crippen LogP contribution in [-0.2, 0) is 18.3 Å². The average Bonchev–Trinajstić information content (AvgIpc) is 2.30. The Kier molecular flexibility index (Phi) is 2.55. The first-order valence-electron chi connectivity index (χ1n) is 4.40. The monoisotopic (exact) mass is 180 g/mol. The molecule has 0 aliphatic heterocycles. The smallest absolute Gasteiger partial charge is 0.125 e. The Morgan fingerprint density at radius 1 is 1.62 bits per heavy atom. The summed E-state index contributed by atoms with van der Waals surface area (Å²) in [6.07, 6.45) is 3.73. The molecule has 0 amide bonds. The standard InChI is InChI=1S/C10H16N2O/c1-8-9(6-12(4)11-8)5-10(2,3)7-13/h6-7H,5H2,1-4H3. The van der Waals surface area contributed by atoms with E-state index in [1.165, 1.54) is 0 Å². The molecule has 72 valence electrons. The number of rotatable bonds is 3. The first kappa shape index (κ1) is 9.96. The summed E-state index contributed by atoms with van der Waals surface area (Å²) in [6, 6.07) is 0. The van der Waals surface area contributed by atoms with Crippen LogP contribution in [0.4, 0.5) is 0 Å². The molecule has 1 heterocycles. The third kappa shape index (κ3) is 2.41. The highest BCUT2D eigenvalue weighted by molar-refractivity contribution is 5.58. The van der Waals surface area contributed by atoms with Crippen molar-refractivity contribution in [2.75, 3.05) is 0 Å². The van der Waals surface area contributed by atoms with E-state index < -0.39 is 0 Å². The molecule has 0 atom stereocenters. The fraction of sp³-hybridized carbons (Fsp3) is 0.600. The van der Waals surface area contributed by atoms with Crippen LogP contribution >= 0.6 is 0 Å². The number of hydrogen-bond donors (Lipinski definition) is 0. The van der Waals surface area contributed by atoms with E-state index in [2.05, 4.69) is 5.10 Å². The van der Waals surface area contributed by atoms with Gasteiger partial charge in [-0.05, 0) is 18.9 Å². The normalized spacial score (nSPS) is 11.7. The van der Waals surface area contributed by atoms with Gasteiger partial charge in [-0.1, -0.05) is 13.8 Å². The fourth-order valence-corrected chi connectivity index (χ4v) is 1.35. The zero-order valence-electron chi connectivity index (χ0n) is 8.66. The Bertz CT molecular complexity index is 313. The zero-order valence-corrected chi connectivity index (χ0v) is 8.66. The molecule has 0 aromatic carbocycles. The molecular weight excluding hydrogens is 164 g/mol. The second-order valence-corrected chi connectivity index (χ2v) is 4.20. The highest BCUT2D eigenvalue weighted by atomic mass is 16.1. The molecule has 0 N–H and O–H groups in total. The minimum Gasteiger partial charge on any atom is -0.303 e. The molecule has 3 heteroatoms. The van der Waals surface area contributed by atoms with E-state index in [9.17, 15) is 4.79 Å². The van der Waals surface area contributed by atoms with Crippen LogP contribution in [0.25, 0.3) is 0 Å². The van der Waals surface area contributed by atoms with Gasteiger partial charge in [-0.15, -0.1) is 0 Å². The topological polar surface area (TPSA) is 34.9 Å². The van der Waals surface area contributed by atoms with Crippen molar-refractivity contribution < 1.29 is 4.79 Å². The summed E-state index contributed by atoms with van der Waals surface area (Å²) < 4.78 is 1.78. The van der Waals surface area contributed by atoms with E-state index in [0.29, 0.717) is 0 Å². The Labute approximate surface area is 78.8 Å². The molecular formula is C10H16N2O. The van der Waals surface area contributed by atoms with Crippen LogP contribution < -0.4 is 0 Å². The van der Waals surface area contributed by atoms with Gasteiger partial charge in [0, 0.05) is 18.7 Å². The van der Waals surface area contributed by atoms with E-state index in [0.717, 1.165) is 24.0 Å². The maximum Gasteiger partial charge on any atom is 0.125 e. The lowest BCUT2D eigenvalue weighted by molar-refractivity contribution is -0.114. The Hall–Kier alpha value is -1.12. The molecule has 1 aromatic heterocycles. The molecule has 1 aromatic rings. The Balaban J connectivity index is 2.85. The molecule has 0 aliphatic carbocycles. The highest BCUT2D eigenvalue weighted by Crippen LogP contribution is 2.20. The molecule has 0 aliphatic rings. The largest absolute Gasteiger partial charge is 0.303 e. The van der Waals surface area contributed by atoms with Gasteiger partial charge in [-0.3, -0.25) is 4.68 Å². The van der Waals surface area contributed by atoms with Gasteiger partial charge in [0.05, 0.1) is 5.69 Å². The summed E-state index contributed by atoms with van der Waals surface area (Å²) in [5.74, 6) is 0. The van der Waals surface area contributed by atoms with E-state index in [4.69, 9.17) is 0 Å². The van der Waals surface area contributed by atoms with E-state index in [1.807, 2.05) is 34.0 Å². The minimum absolute atomic E-state index is 0.284. The van der Waals surface area contributed by atoms with Crippen molar-refractivity contribution in [3.63, 3.8) is 0 Å². The molecule has 0 saturated carbocycles. The van der Waals surface area contributed by atoms with Crippen molar-refractivity contribution in [3.05, 3.63) is 17.5 Å². The summed E-state index contributed by atoms with van der Waals surface area (Å²) >= 11 is 0. The highest BCUT2D eigenvalue weighted by Gasteiger charge is 2.19. The molecule has 1 rings (SSSR count). The van der Waals surface area contributed by atoms with Gasteiger partial charge in [0.2, 0.25) is 0 Å². The summed E-state index contributed by atoms with van der Waals surface area (Å²) in [7, 11) is 1.89. The van der Waals surface area contributed by atoms with Gasteiger partial charge in [0.15, 0.2) is 0 Å². The molecule has 0 bridgehead atoms. The lowest BCUT2D eigenvalue weighted by atomic mass is 9.88. The number of aryl methyl sites for hydroxylation is 2. The molecule has 0 saturated heterocycles. The van der Waals surface area contributed by atoms with Crippen LogP contribution in [-0.4, -0.2) is 16.1 Å². The third-order valence-corrected chi connectivity index (χ3v) is 2.08. The second-order valence-electron chi connectivity index (χ2n) is 4.20. The lowest BCUT2D eigenvalue weighted by Crippen LogP contribution is -2.16. The number of aldehydes is 1. The van der Waals surface area contributed by atoms with Crippen LogP contribution in [0, 0.1) is 12.3 Å². The molecule has 0 unspecified atom stereocenters. The van der Waals surface area contributed by atoms with Crippen molar-refractivity contribution in [3.8, 4) is 0 Å². The number of nitrogens with zero attached hydrogens (tertiary/aromatic N) is 2. The van der Waals surface area contributed by atoms with E-state index in [1.54, 1.807) is 4.68 Å². The van der Waals surface area contributed by atoms with Crippen molar-refractivity contribution in [2.45, 2.75) is 27.2 Å². The first-order chi connectivity index (χ1) is 5.94. The van der Waals surface area contributed by atoms with Crippen LogP contribution in [0.1, 0.15) is 25.1 Å². The quantitative estimate of drug-likeness (QED) is 0.661. The zero-order chi connectivity index (χ0) is 10.1. The fourth-order valence-electron chi connectivity index (χ4n) is 1.35. The maximum atomic E-state index is 10.7. The second kappa shape index (κ2) is 3.32. The predicted molar refractivity (Wildman–Crippen MR) is 51.5 cm³/mol. The van der Waals surface area contributed by atoms with Crippen LogP contribution in [0.15, 0.2) is 6.20 Å². The predicted octanol–water partition coefficient (Wildman–Crippen LogP) is 1.50. The average molecular weight is 180 g/mol. The van der Waals surface area contributed by atoms with Crippen molar-refractivity contribution in [1.29, 1.82) is 0 Å². The van der Waals surface area contributed by atoms with Gasteiger partial charge < -0.3 is 4.79 Å². The molecule has 0 fully saturated rings. The summed E-state index contributed by atoms with van der Waals surface area (Å²) in [4.78, 5) is 10.7. The van der Waals surface area contributed by atoms with Crippen molar-refractivity contribution in [1.82, 2.24) is 9.78 Å². The third-order valence-electron chi connectivity index (χ3n) is 2.08. The van der Waals surface area contributed by atoms with Gasteiger partial charge in [0.25, 0.3) is 0 Å². The number of aromatic nitrogens is 2. The summed E-state index contributed by atoms with van der Waals surface area (Å²) in [5, 5.41) is 4.23. The Morgan fingerprint density at radius 2 is 2.23 bits per heavy atom. The minimum atomic E-state index is -0.284. The summed E-state index contributed by atoms with van der Waals surface area (Å²) in [6.45, 7) is 5.84. The Morgan fingerprint density at radius 3 is 2.62 bits per heavy atom. The van der Waals surface area contributed by atoms with Crippen LogP contribution in [0.3, 0.4) is 0 Å². The van der Waals surface area contributed by atoms with Gasteiger partial charge in [-0.25, -0.2) is 0 Å². The van der Waals surface area contributed by atoms with Crippen molar-refractivity contribution in [2.24, 2.45) is 12.5 Å². The number of carbonyl (C=O) groups excluding carboxylic acids is 1. The van der Waals surface area contributed by atoms with E-state index in [-0.39, 0.29) is 5.41 Å². The number of hydrogen-bond acceptors (Lipinski definition) is 2. The van der Waals surface area contributed by atoms with Gasteiger partial charge in [-0.2, -0.15) is 5.10 Å². The SMILES string of the molecule is Cc1nn(C)cc1CC(C)(C)C=O. The van der Waals surface area contributed by atoms with Crippen molar-refractivity contribution >= 4 is 6.29 Å². The summed E-state index contributed by atoms with van der Waals surface area (Å²) in [5.41, 5.74) is 1.88.